The summed E-state index contributed by atoms with van der Waals surface area (Å²) in [4.78, 5) is 12.9. The molecule has 0 aliphatic heterocycles. The van der Waals surface area contributed by atoms with E-state index in [1.807, 2.05) is 30.3 Å². The number of thioether (sulfide) groups is 1. The highest BCUT2D eigenvalue weighted by Gasteiger charge is 2.27. The normalized spacial score (nSPS) is 23.8. The van der Waals surface area contributed by atoms with Crippen molar-refractivity contribution < 1.29 is 4.79 Å². The molecule has 1 saturated carbocycles. The van der Waals surface area contributed by atoms with Crippen LogP contribution in [0.25, 0.3) is 0 Å². The van der Waals surface area contributed by atoms with E-state index in [2.05, 4.69) is 30.0 Å². The number of amides is 1. The Morgan fingerprint density at radius 3 is 2.70 bits per heavy atom. The van der Waals surface area contributed by atoms with E-state index in [4.69, 9.17) is 12.2 Å². The molecule has 1 aliphatic carbocycles. The number of carbonyl (C=O) groups excluding carboxylic acids is 1. The van der Waals surface area contributed by atoms with E-state index in [0.717, 1.165) is 11.3 Å². The summed E-state index contributed by atoms with van der Waals surface area (Å²) >= 11 is 6.78. The molecule has 0 unspecified atom stereocenters. The van der Waals surface area contributed by atoms with Crippen molar-refractivity contribution in [1.82, 2.24) is 16.2 Å². The first-order valence-corrected chi connectivity index (χ1v) is 9.49. The lowest BCUT2D eigenvalue weighted by molar-refractivity contribution is -0.119. The van der Waals surface area contributed by atoms with Crippen molar-refractivity contribution in [3.63, 3.8) is 0 Å². The predicted octanol–water partition coefficient (Wildman–Crippen LogP) is 3.10. The minimum atomic E-state index is -0.0898. The molecule has 1 fully saturated rings. The summed E-state index contributed by atoms with van der Waals surface area (Å²) in [6.07, 6.45) is 3.64. The number of nitrogens with one attached hydrogen (secondary N) is 3. The molecule has 1 amide bonds. The molecule has 2 rings (SSSR count). The van der Waals surface area contributed by atoms with Gasteiger partial charge in [-0.1, -0.05) is 44.9 Å². The van der Waals surface area contributed by atoms with Crippen molar-refractivity contribution in [3.05, 3.63) is 30.3 Å². The van der Waals surface area contributed by atoms with E-state index in [-0.39, 0.29) is 5.91 Å². The largest absolute Gasteiger partial charge is 0.358 e. The second-order valence-corrected chi connectivity index (χ2v) is 7.58. The maximum absolute atomic E-state index is 11.8. The van der Waals surface area contributed by atoms with Gasteiger partial charge in [-0.2, -0.15) is 0 Å². The zero-order valence-corrected chi connectivity index (χ0v) is 15.3. The van der Waals surface area contributed by atoms with Crippen molar-refractivity contribution >= 4 is 35.0 Å². The monoisotopic (exact) mass is 351 g/mol. The quantitative estimate of drug-likeness (QED) is 0.442. The van der Waals surface area contributed by atoms with Crippen LogP contribution >= 0.6 is 24.0 Å². The molecular weight excluding hydrogens is 326 g/mol. The topological polar surface area (TPSA) is 53.2 Å². The maximum atomic E-state index is 11.8. The van der Waals surface area contributed by atoms with Crippen molar-refractivity contribution in [1.29, 1.82) is 0 Å². The molecule has 4 nitrogen and oxygen atoms in total. The molecule has 126 valence electrons. The number of thiocarbonyl (C=S) groups is 1. The lowest BCUT2D eigenvalue weighted by atomic mass is 9.78. The Balaban J connectivity index is 1.66. The smallest absolute Gasteiger partial charge is 0.248 e. The molecule has 0 radical (unpaired) electrons. The van der Waals surface area contributed by atoms with Gasteiger partial charge < -0.3 is 5.32 Å². The molecule has 0 aromatic heterocycles. The molecule has 6 heteroatoms. The Bertz CT molecular complexity index is 524. The standard InChI is InChI=1S/C17H25N3OS2/c1-12-7-6-10-15(13(12)2)18-17(22)20-19-16(21)11-23-14-8-4-3-5-9-14/h3-5,8-9,12-13,15H,6-7,10-11H2,1-2H3,(H,19,21)(H2,18,20,22)/t12-,13-,15-/m1/s1. The molecule has 0 bridgehead atoms. The Hall–Kier alpha value is -1.27. The molecule has 0 spiro atoms. The highest BCUT2D eigenvalue weighted by molar-refractivity contribution is 8.00. The summed E-state index contributed by atoms with van der Waals surface area (Å²) in [5.74, 6) is 1.57. The number of hydrogen-bond donors (Lipinski definition) is 3. The molecule has 0 saturated heterocycles. The first kappa shape index (κ1) is 18.1. The van der Waals surface area contributed by atoms with Gasteiger partial charge in [-0.05, 0) is 42.6 Å². The van der Waals surface area contributed by atoms with Gasteiger partial charge in [0.05, 0.1) is 5.75 Å². The fourth-order valence-corrected chi connectivity index (χ4v) is 3.74. The fourth-order valence-electron chi connectivity index (χ4n) is 2.82. The van der Waals surface area contributed by atoms with Crippen molar-refractivity contribution in [2.45, 2.75) is 44.0 Å². The summed E-state index contributed by atoms with van der Waals surface area (Å²) in [5.41, 5.74) is 5.46. The fraction of sp³-hybridized carbons (Fsp3) is 0.529. The minimum absolute atomic E-state index is 0.0898. The molecule has 0 heterocycles. The van der Waals surface area contributed by atoms with Crippen LogP contribution in [-0.4, -0.2) is 22.8 Å². The second-order valence-electron chi connectivity index (χ2n) is 6.12. The second kappa shape index (κ2) is 9.13. The Morgan fingerprint density at radius 2 is 1.96 bits per heavy atom. The zero-order valence-electron chi connectivity index (χ0n) is 13.7. The van der Waals surface area contributed by atoms with Crippen LogP contribution in [0.15, 0.2) is 35.2 Å². The average Bonchev–Trinajstić information content (AvgIpc) is 2.56. The third kappa shape index (κ3) is 6.03. The van der Waals surface area contributed by atoms with Crippen LogP contribution in [-0.2, 0) is 4.79 Å². The molecule has 1 aromatic rings. The van der Waals surface area contributed by atoms with E-state index < -0.39 is 0 Å². The van der Waals surface area contributed by atoms with E-state index in [1.165, 1.54) is 24.6 Å². The highest BCUT2D eigenvalue weighted by atomic mass is 32.2. The number of carbonyl (C=O) groups is 1. The number of benzene rings is 1. The number of hydrogen-bond acceptors (Lipinski definition) is 3. The average molecular weight is 352 g/mol. The predicted molar refractivity (Wildman–Crippen MR) is 100 cm³/mol. The number of rotatable bonds is 4. The Kier molecular flexibility index (Phi) is 7.17. The highest BCUT2D eigenvalue weighted by Crippen LogP contribution is 2.29. The summed E-state index contributed by atoms with van der Waals surface area (Å²) in [6.45, 7) is 4.55. The van der Waals surface area contributed by atoms with E-state index in [0.29, 0.717) is 28.7 Å². The third-order valence-corrected chi connectivity index (χ3v) is 5.68. The summed E-state index contributed by atoms with van der Waals surface area (Å²) in [7, 11) is 0. The van der Waals surface area contributed by atoms with E-state index in [9.17, 15) is 4.79 Å². The first-order chi connectivity index (χ1) is 11.1. The van der Waals surface area contributed by atoms with Crippen molar-refractivity contribution in [2.24, 2.45) is 11.8 Å². The number of hydrazine groups is 1. The molecule has 3 N–H and O–H groups in total. The van der Waals surface area contributed by atoms with Crippen LogP contribution < -0.4 is 16.2 Å². The summed E-state index contributed by atoms with van der Waals surface area (Å²) in [5, 5.41) is 3.82. The van der Waals surface area contributed by atoms with Gasteiger partial charge >= 0.3 is 0 Å². The van der Waals surface area contributed by atoms with Crippen LogP contribution in [0.2, 0.25) is 0 Å². The SMILES string of the molecule is C[C@@H]1[C@H](C)CCC[C@H]1NC(=S)NNC(=O)CSc1ccccc1. The van der Waals surface area contributed by atoms with Gasteiger partial charge in [0.1, 0.15) is 0 Å². The van der Waals surface area contributed by atoms with Crippen molar-refractivity contribution in [3.8, 4) is 0 Å². The van der Waals surface area contributed by atoms with Crippen LogP contribution in [0.3, 0.4) is 0 Å². The molecule has 23 heavy (non-hydrogen) atoms. The minimum Gasteiger partial charge on any atom is -0.358 e. The van der Waals surface area contributed by atoms with Crippen LogP contribution in [0.1, 0.15) is 33.1 Å². The summed E-state index contributed by atoms with van der Waals surface area (Å²) < 4.78 is 0. The lowest BCUT2D eigenvalue weighted by Gasteiger charge is -2.35. The Morgan fingerprint density at radius 1 is 1.22 bits per heavy atom. The zero-order chi connectivity index (χ0) is 16.7. The third-order valence-electron chi connectivity index (χ3n) is 4.45. The van der Waals surface area contributed by atoms with Gasteiger partial charge in [0.15, 0.2) is 5.11 Å². The van der Waals surface area contributed by atoms with Gasteiger partial charge in [0, 0.05) is 10.9 Å². The summed E-state index contributed by atoms with van der Waals surface area (Å²) in [6, 6.07) is 10.2. The maximum Gasteiger partial charge on any atom is 0.248 e. The lowest BCUT2D eigenvalue weighted by Crippen LogP contribution is -2.52. The van der Waals surface area contributed by atoms with E-state index in [1.54, 1.807) is 0 Å². The van der Waals surface area contributed by atoms with Gasteiger partial charge in [-0.3, -0.25) is 15.6 Å². The van der Waals surface area contributed by atoms with Gasteiger partial charge in [0.25, 0.3) is 0 Å². The molecular formula is C17H25N3OS2. The first-order valence-electron chi connectivity index (χ1n) is 8.09. The molecule has 1 aromatic carbocycles. The molecule has 3 atom stereocenters. The van der Waals surface area contributed by atoms with Gasteiger partial charge in [0.2, 0.25) is 5.91 Å². The van der Waals surface area contributed by atoms with Crippen LogP contribution in [0.4, 0.5) is 0 Å². The van der Waals surface area contributed by atoms with E-state index >= 15 is 0 Å². The van der Waals surface area contributed by atoms with Crippen LogP contribution in [0, 0.1) is 11.8 Å². The molecule has 1 aliphatic rings. The van der Waals surface area contributed by atoms with Gasteiger partial charge in [-0.15, -0.1) is 11.8 Å². The van der Waals surface area contributed by atoms with Crippen molar-refractivity contribution in [2.75, 3.05) is 5.75 Å². The Labute approximate surface area is 148 Å². The van der Waals surface area contributed by atoms with Crippen LogP contribution in [0.5, 0.6) is 0 Å². The van der Waals surface area contributed by atoms with Gasteiger partial charge in [-0.25, -0.2) is 0 Å².